The van der Waals surface area contributed by atoms with E-state index in [1.54, 1.807) is 0 Å². The van der Waals surface area contributed by atoms with Crippen molar-refractivity contribution in [3.05, 3.63) is 33.3 Å². The molecule has 0 bridgehead atoms. The van der Waals surface area contributed by atoms with Crippen molar-refractivity contribution < 1.29 is 4.74 Å². The van der Waals surface area contributed by atoms with Crippen LogP contribution < -0.4 is 10.2 Å². The molecule has 0 aromatic carbocycles. The highest BCUT2D eigenvalue weighted by atomic mass is 16.5. The maximum atomic E-state index is 11.6. The van der Waals surface area contributed by atoms with Gasteiger partial charge in [-0.05, 0) is 17.9 Å². The Labute approximate surface area is 111 Å². The van der Waals surface area contributed by atoms with Crippen LogP contribution in [0.5, 0.6) is 5.75 Å². The number of hydrogen-bond donors (Lipinski definition) is 1. The number of nitrogens with one attached hydrogen (secondary N) is 1. The average molecular weight is 264 g/mol. The smallest absolute Gasteiger partial charge is 0.307 e. The minimum absolute atomic E-state index is 0.185. The molecule has 0 atom stereocenters. The molecule has 2 rings (SSSR count). The summed E-state index contributed by atoms with van der Waals surface area (Å²) in [6.45, 7) is 2.95. The van der Waals surface area contributed by atoms with Gasteiger partial charge in [0.25, 0.3) is 5.39 Å². The molecule has 1 aromatic heterocycles. The van der Waals surface area contributed by atoms with E-state index < -0.39 is 0 Å². The first-order valence-corrected chi connectivity index (χ1v) is 6.31. The zero-order valence-corrected chi connectivity index (χ0v) is 11.0. The first kappa shape index (κ1) is 13.4. The highest BCUT2D eigenvalue weighted by molar-refractivity contribution is 5.20. The van der Waals surface area contributed by atoms with Gasteiger partial charge in [0, 0.05) is 31.0 Å². The second-order valence-electron chi connectivity index (χ2n) is 4.61. The normalized spacial score (nSPS) is 15.2. The number of pyridine rings is 1. The van der Waals surface area contributed by atoms with E-state index in [4.69, 9.17) is 10.1 Å². The molecule has 0 amide bonds. The summed E-state index contributed by atoms with van der Waals surface area (Å²) in [7, 11) is 1.45. The van der Waals surface area contributed by atoms with Gasteiger partial charge in [-0.1, -0.05) is 0 Å². The molecule has 1 aliphatic rings. The van der Waals surface area contributed by atoms with Gasteiger partial charge in [0.2, 0.25) is 5.43 Å². The molecule has 0 spiro atoms. The molecule has 0 saturated carbocycles. The second-order valence-corrected chi connectivity index (χ2v) is 4.61. The van der Waals surface area contributed by atoms with Crippen LogP contribution in [-0.4, -0.2) is 41.8 Å². The highest BCUT2D eigenvalue weighted by Crippen LogP contribution is 2.10. The van der Waals surface area contributed by atoms with Crippen LogP contribution in [0.4, 0.5) is 0 Å². The van der Waals surface area contributed by atoms with Crippen LogP contribution in [0.3, 0.4) is 0 Å². The Balaban J connectivity index is 1.99. The van der Waals surface area contributed by atoms with Gasteiger partial charge >= 0.3 is 5.08 Å². The third-order valence-corrected chi connectivity index (χ3v) is 3.20. The van der Waals surface area contributed by atoms with Gasteiger partial charge in [-0.25, -0.2) is 0 Å². The van der Waals surface area contributed by atoms with E-state index in [2.05, 4.69) is 15.0 Å². The Hall–Kier alpha value is -2.07. The van der Waals surface area contributed by atoms with Gasteiger partial charge in [-0.3, -0.25) is 9.69 Å². The van der Waals surface area contributed by atoms with E-state index in [0.717, 1.165) is 13.1 Å². The van der Waals surface area contributed by atoms with Gasteiger partial charge < -0.3 is 9.72 Å². The van der Waals surface area contributed by atoms with Crippen molar-refractivity contribution in [3.63, 3.8) is 0 Å². The lowest BCUT2D eigenvalue weighted by Crippen LogP contribution is -2.32. The lowest BCUT2D eigenvalue weighted by Gasteiger charge is -2.14. The molecular weight excluding hydrogens is 246 g/mol. The standard InChI is InChI=1S/C12H17N5O2/c1-19-12-7-14-10(6-11(12)18)8-17(15-13)9-16-4-2-3-5-16/h6-7H,2-5,8-9H2,1H3/p+1. The number of rotatable bonds is 5. The summed E-state index contributed by atoms with van der Waals surface area (Å²) in [6.07, 6.45) is 3.88. The summed E-state index contributed by atoms with van der Waals surface area (Å²) in [4.78, 5) is 16.8. The minimum atomic E-state index is -0.185. The van der Waals surface area contributed by atoms with E-state index in [-0.39, 0.29) is 11.2 Å². The fourth-order valence-corrected chi connectivity index (χ4v) is 2.21. The second kappa shape index (κ2) is 6.20. The fourth-order valence-electron chi connectivity index (χ4n) is 2.21. The van der Waals surface area contributed by atoms with Crippen LogP contribution in [0.25, 0.3) is 5.08 Å². The van der Waals surface area contributed by atoms with Crippen molar-refractivity contribution in [2.45, 2.75) is 19.4 Å². The highest BCUT2D eigenvalue weighted by Gasteiger charge is 2.21. The molecular formula is C12H18N5O2+. The first-order chi connectivity index (χ1) is 9.22. The Morgan fingerprint density at radius 1 is 1.53 bits per heavy atom. The predicted molar refractivity (Wildman–Crippen MR) is 69.9 cm³/mol. The Morgan fingerprint density at radius 2 is 2.26 bits per heavy atom. The van der Waals surface area contributed by atoms with Crippen LogP contribution >= 0.6 is 0 Å². The largest absolute Gasteiger partial charge is 0.491 e. The fraction of sp³-hybridized carbons (Fsp3) is 0.583. The summed E-state index contributed by atoms with van der Waals surface area (Å²) in [5.41, 5.74) is 0.498. The number of H-pyrrole nitrogens is 1. The summed E-state index contributed by atoms with van der Waals surface area (Å²) < 4.78 is 4.90. The Bertz CT molecular complexity index is 516. The van der Waals surface area contributed by atoms with E-state index in [9.17, 15) is 4.79 Å². The third-order valence-electron chi connectivity index (χ3n) is 3.20. The molecule has 0 aliphatic carbocycles. The van der Waals surface area contributed by atoms with Crippen LogP contribution in [0.1, 0.15) is 18.5 Å². The van der Waals surface area contributed by atoms with Gasteiger partial charge in [0.15, 0.2) is 5.75 Å². The predicted octanol–water partition coefficient (Wildman–Crippen LogP) is 1.01. The molecule has 1 saturated heterocycles. The monoisotopic (exact) mass is 264 g/mol. The summed E-state index contributed by atoms with van der Waals surface area (Å²) in [5, 5.41) is 13.8. The zero-order chi connectivity index (χ0) is 13.7. The molecule has 2 heterocycles. The molecule has 102 valence electrons. The average Bonchev–Trinajstić information content (AvgIpc) is 2.91. The summed E-state index contributed by atoms with van der Waals surface area (Å²) in [5.74, 6) is 0.274. The first-order valence-electron chi connectivity index (χ1n) is 6.31. The number of hydrogen-bond acceptors (Lipinski definition) is 5. The molecule has 7 heteroatoms. The van der Waals surface area contributed by atoms with Crippen LogP contribution in [0.15, 0.2) is 17.1 Å². The summed E-state index contributed by atoms with van der Waals surface area (Å²) >= 11 is 0. The van der Waals surface area contributed by atoms with E-state index >= 15 is 0 Å². The number of ether oxygens (including phenoxy) is 1. The van der Waals surface area contributed by atoms with Crippen molar-refractivity contribution in [1.29, 1.82) is 5.39 Å². The van der Waals surface area contributed by atoms with Gasteiger partial charge in [0.05, 0.1) is 7.11 Å². The van der Waals surface area contributed by atoms with Crippen molar-refractivity contribution in [2.24, 2.45) is 0 Å². The maximum absolute atomic E-state index is 11.6. The lowest BCUT2D eigenvalue weighted by atomic mass is 10.3. The van der Waals surface area contributed by atoms with E-state index in [1.165, 1.54) is 37.2 Å². The van der Waals surface area contributed by atoms with Crippen molar-refractivity contribution in [1.82, 2.24) is 14.9 Å². The van der Waals surface area contributed by atoms with Crippen LogP contribution in [0.2, 0.25) is 0 Å². The number of nitrogens with zero attached hydrogens (tertiary/aromatic N) is 4. The molecule has 1 aliphatic heterocycles. The van der Waals surface area contributed by atoms with Crippen molar-refractivity contribution in [3.8, 4) is 5.75 Å². The van der Waals surface area contributed by atoms with Crippen LogP contribution in [0, 0.1) is 5.39 Å². The van der Waals surface area contributed by atoms with Gasteiger partial charge in [-0.15, -0.1) is 0 Å². The van der Waals surface area contributed by atoms with Crippen molar-refractivity contribution >= 4 is 0 Å². The Morgan fingerprint density at radius 3 is 2.84 bits per heavy atom. The number of methoxy groups -OCH3 is 1. The summed E-state index contributed by atoms with van der Waals surface area (Å²) in [6, 6.07) is 1.46. The molecule has 1 fully saturated rings. The van der Waals surface area contributed by atoms with Crippen LogP contribution in [-0.2, 0) is 6.54 Å². The number of aromatic amines is 1. The molecule has 7 nitrogen and oxygen atoms in total. The Kier molecular flexibility index (Phi) is 4.36. The molecule has 19 heavy (non-hydrogen) atoms. The molecule has 1 aromatic rings. The minimum Gasteiger partial charge on any atom is -0.491 e. The van der Waals surface area contributed by atoms with Crippen molar-refractivity contribution in [2.75, 3.05) is 26.9 Å². The van der Waals surface area contributed by atoms with Gasteiger partial charge in [-0.2, -0.15) is 0 Å². The van der Waals surface area contributed by atoms with E-state index in [0.29, 0.717) is 18.9 Å². The SMILES string of the molecule is COc1c[nH]c(CN(CN2CCCC2)[N+]#N)cc1=O. The van der Waals surface area contributed by atoms with E-state index in [1.807, 2.05) is 0 Å². The zero-order valence-electron chi connectivity index (χ0n) is 11.0. The molecule has 0 unspecified atom stereocenters. The molecule has 0 radical (unpaired) electrons. The third kappa shape index (κ3) is 3.45. The molecule has 1 N–H and O–H groups in total. The lowest BCUT2D eigenvalue weighted by molar-refractivity contribution is 0.190. The maximum Gasteiger partial charge on any atom is 0.307 e. The number of aromatic nitrogens is 1. The van der Waals surface area contributed by atoms with Gasteiger partial charge in [0.1, 0.15) is 13.2 Å². The number of likely N-dealkylation sites (tertiary alicyclic amines) is 1. The topological polar surface area (TPSA) is 76.7 Å². The number of diazo groups is 1. The quantitative estimate of drug-likeness (QED) is 0.634.